The standard InChI is InChI=1S/C17H16Cl2N4O3/c1-21-15(12(8-20)16(24)22(2)17(21)25)23-6-5-11(9-23)26-10-3-4-13(18)14(19)7-10/h3-4,7,11H,5-6,9H2,1-2H3. The van der Waals surface area contributed by atoms with Gasteiger partial charge in [0.15, 0.2) is 5.56 Å². The summed E-state index contributed by atoms with van der Waals surface area (Å²) in [5, 5.41) is 10.2. The van der Waals surface area contributed by atoms with Gasteiger partial charge in [-0.3, -0.25) is 13.9 Å². The van der Waals surface area contributed by atoms with Gasteiger partial charge in [0.25, 0.3) is 5.56 Å². The van der Waals surface area contributed by atoms with Crippen molar-refractivity contribution in [2.45, 2.75) is 12.5 Å². The fourth-order valence-corrected chi connectivity index (χ4v) is 3.35. The maximum Gasteiger partial charge on any atom is 0.332 e. The molecule has 1 saturated heterocycles. The zero-order valence-electron chi connectivity index (χ0n) is 14.2. The van der Waals surface area contributed by atoms with E-state index >= 15 is 0 Å². The lowest BCUT2D eigenvalue weighted by atomic mass is 10.3. The monoisotopic (exact) mass is 394 g/mol. The normalized spacial score (nSPS) is 16.6. The van der Waals surface area contributed by atoms with Gasteiger partial charge in [0.2, 0.25) is 0 Å². The van der Waals surface area contributed by atoms with Crippen molar-refractivity contribution in [3.8, 4) is 11.8 Å². The minimum Gasteiger partial charge on any atom is -0.488 e. The predicted molar refractivity (Wildman–Crippen MR) is 99.3 cm³/mol. The molecule has 1 aromatic carbocycles. The molecule has 2 aromatic rings. The van der Waals surface area contributed by atoms with Crippen molar-refractivity contribution in [2.75, 3.05) is 18.0 Å². The molecule has 1 fully saturated rings. The van der Waals surface area contributed by atoms with Crippen LogP contribution in [0.25, 0.3) is 0 Å². The van der Waals surface area contributed by atoms with E-state index < -0.39 is 11.2 Å². The van der Waals surface area contributed by atoms with Crippen LogP contribution in [0.3, 0.4) is 0 Å². The van der Waals surface area contributed by atoms with Gasteiger partial charge in [-0.05, 0) is 12.1 Å². The molecule has 0 N–H and O–H groups in total. The molecule has 1 aromatic heterocycles. The van der Waals surface area contributed by atoms with Crippen LogP contribution in [0.5, 0.6) is 5.75 Å². The Bertz CT molecular complexity index is 1020. The smallest absolute Gasteiger partial charge is 0.332 e. The summed E-state index contributed by atoms with van der Waals surface area (Å²) < 4.78 is 8.18. The van der Waals surface area contributed by atoms with Crippen LogP contribution in [0.2, 0.25) is 10.0 Å². The molecule has 0 saturated carbocycles. The van der Waals surface area contributed by atoms with Gasteiger partial charge < -0.3 is 9.64 Å². The number of nitriles is 1. The van der Waals surface area contributed by atoms with Crippen LogP contribution in [-0.2, 0) is 14.1 Å². The van der Waals surface area contributed by atoms with Gasteiger partial charge in [-0.1, -0.05) is 23.2 Å². The third kappa shape index (κ3) is 3.18. The molecule has 0 bridgehead atoms. The zero-order valence-corrected chi connectivity index (χ0v) is 15.7. The highest BCUT2D eigenvalue weighted by molar-refractivity contribution is 6.42. The highest BCUT2D eigenvalue weighted by atomic mass is 35.5. The number of halogens is 2. The molecule has 0 aliphatic carbocycles. The largest absolute Gasteiger partial charge is 0.488 e. The van der Waals surface area contributed by atoms with Gasteiger partial charge in [0.1, 0.15) is 23.7 Å². The molecule has 136 valence electrons. The molecular formula is C17H16Cl2N4O3. The number of aromatic nitrogens is 2. The Hall–Kier alpha value is -2.43. The van der Waals surface area contributed by atoms with Gasteiger partial charge in [-0.2, -0.15) is 5.26 Å². The Morgan fingerprint density at radius 3 is 2.58 bits per heavy atom. The summed E-state index contributed by atoms with van der Waals surface area (Å²) in [4.78, 5) is 26.3. The van der Waals surface area contributed by atoms with Crippen LogP contribution < -0.4 is 20.9 Å². The number of hydrogen-bond donors (Lipinski definition) is 0. The van der Waals surface area contributed by atoms with Crippen molar-refractivity contribution >= 4 is 29.0 Å². The fourth-order valence-electron chi connectivity index (χ4n) is 3.06. The highest BCUT2D eigenvalue weighted by Crippen LogP contribution is 2.29. The lowest BCUT2D eigenvalue weighted by Crippen LogP contribution is -2.42. The molecule has 1 aliphatic rings. The van der Waals surface area contributed by atoms with E-state index in [1.54, 1.807) is 25.2 Å². The maximum atomic E-state index is 12.2. The van der Waals surface area contributed by atoms with E-state index in [4.69, 9.17) is 27.9 Å². The van der Waals surface area contributed by atoms with E-state index in [0.29, 0.717) is 41.1 Å². The summed E-state index contributed by atoms with van der Waals surface area (Å²) in [7, 11) is 2.90. The zero-order chi connectivity index (χ0) is 19.0. The summed E-state index contributed by atoms with van der Waals surface area (Å²) in [6.45, 7) is 0.997. The van der Waals surface area contributed by atoms with Crippen LogP contribution in [0, 0.1) is 11.3 Å². The molecular weight excluding hydrogens is 379 g/mol. The molecule has 1 atom stereocenters. The van der Waals surface area contributed by atoms with E-state index in [9.17, 15) is 14.9 Å². The molecule has 1 unspecified atom stereocenters. The first-order valence-electron chi connectivity index (χ1n) is 7.90. The number of nitrogens with zero attached hydrogens (tertiary/aromatic N) is 4. The first-order chi connectivity index (χ1) is 12.3. The quantitative estimate of drug-likeness (QED) is 0.794. The first kappa shape index (κ1) is 18.4. The van der Waals surface area contributed by atoms with Gasteiger partial charge in [-0.15, -0.1) is 0 Å². The average molecular weight is 395 g/mol. The molecule has 3 rings (SSSR count). The van der Waals surface area contributed by atoms with Gasteiger partial charge in [-0.25, -0.2) is 4.79 Å². The predicted octanol–water partition coefficient (Wildman–Crippen LogP) is 1.92. The second-order valence-corrected chi connectivity index (χ2v) is 6.88. The van der Waals surface area contributed by atoms with Crippen molar-refractivity contribution in [1.29, 1.82) is 5.26 Å². The molecule has 26 heavy (non-hydrogen) atoms. The fraction of sp³-hybridized carbons (Fsp3) is 0.353. The Morgan fingerprint density at radius 1 is 1.19 bits per heavy atom. The number of rotatable bonds is 3. The molecule has 0 amide bonds. The Morgan fingerprint density at radius 2 is 1.92 bits per heavy atom. The van der Waals surface area contributed by atoms with Crippen LogP contribution >= 0.6 is 23.2 Å². The lowest BCUT2D eigenvalue weighted by Gasteiger charge is -2.22. The van der Waals surface area contributed by atoms with Crippen molar-refractivity contribution in [1.82, 2.24) is 9.13 Å². The molecule has 7 nitrogen and oxygen atoms in total. The molecule has 0 spiro atoms. The Balaban J connectivity index is 1.88. The molecule has 9 heteroatoms. The van der Waals surface area contributed by atoms with E-state index in [1.807, 2.05) is 11.0 Å². The topological polar surface area (TPSA) is 80.3 Å². The number of anilines is 1. The van der Waals surface area contributed by atoms with Crippen LogP contribution in [0.1, 0.15) is 12.0 Å². The van der Waals surface area contributed by atoms with Crippen molar-refractivity contribution < 1.29 is 4.74 Å². The number of benzene rings is 1. The van der Waals surface area contributed by atoms with E-state index in [-0.39, 0.29) is 11.7 Å². The van der Waals surface area contributed by atoms with E-state index in [0.717, 1.165) is 4.57 Å². The molecule has 0 radical (unpaired) electrons. The second-order valence-electron chi connectivity index (χ2n) is 6.07. The van der Waals surface area contributed by atoms with Gasteiger partial charge >= 0.3 is 5.69 Å². The van der Waals surface area contributed by atoms with Gasteiger partial charge in [0.05, 0.1) is 16.6 Å². The lowest BCUT2D eigenvalue weighted by molar-refractivity contribution is 0.225. The van der Waals surface area contributed by atoms with Crippen molar-refractivity contribution in [3.05, 3.63) is 54.6 Å². The highest BCUT2D eigenvalue weighted by Gasteiger charge is 2.29. The molecule has 2 heterocycles. The Kier molecular flexibility index (Phi) is 4.99. The van der Waals surface area contributed by atoms with E-state index in [1.165, 1.54) is 11.6 Å². The summed E-state index contributed by atoms with van der Waals surface area (Å²) in [5.41, 5.74) is -1.12. The summed E-state index contributed by atoms with van der Waals surface area (Å²) in [6, 6.07) is 6.95. The van der Waals surface area contributed by atoms with Crippen LogP contribution in [0.4, 0.5) is 5.82 Å². The SMILES string of the molecule is Cn1c(N2CCC(Oc3ccc(Cl)c(Cl)c3)C2)c(C#N)c(=O)n(C)c1=O. The van der Waals surface area contributed by atoms with Crippen LogP contribution in [-0.4, -0.2) is 28.3 Å². The van der Waals surface area contributed by atoms with Crippen molar-refractivity contribution in [2.24, 2.45) is 14.1 Å². The third-order valence-electron chi connectivity index (χ3n) is 4.38. The molecule has 1 aliphatic heterocycles. The first-order valence-corrected chi connectivity index (χ1v) is 8.66. The van der Waals surface area contributed by atoms with Crippen molar-refractivity contribution in [3.63, 3.8) is 0 Å². The van der Waals surface area contributed by atoms with E-state index in [2.05, 4.69) is 0 Å². The van der Waals surface area contributed by atoms with Gasteiger partial charge in [0, 0.05) is 33.1 Å². The second kappa shape index (κ2) is 7.06. The summed E-state index contributed by atoms with van der Waals surface area (Å²) >= 11 is 11.9. The number of hydrogen-bond acceptors (Lipinski definition) is 5. The summed E-state index contributed by atoms with van der Waals surface area (Å²) in [5.74, 6) is 0.908. The minimum absolute atomic E-state index is 0.0511. The number of ether oxygens (including phenoxy) is 1. The third-order valence-corrected chi connectivity index (χ3v) is 5.12. The summed E-state index contributed by atoms with van der Waals surface area (Å²) in [6.07, 6.45) is 0.507. The maximum absolute atomic E-state index is 12.2. The van der Waals surface area contributed by atoms with Crippen LogP contribution in [0.15, 0.2) is 27.8 Å². The Labute approximate surface area is 159 Å². The minimum atomic E-state index is -0.598. The average Bonchev–Trinajstić information content (AvgIpc) is 3.07.